The molecular formula is C20H24FN3O4. The zero-order chi connectivity index (χ0) is 20.5. The first-order chi connectivity index (χ1) is 13.2. The zero-order valence-corrected chi connectivity index (χ0v) is 16.3. The highest BCUT2D eigenvalue weighted by molar-refractivity contribution is 6.21. The summed E-state index contributed by atoms with van der Waals surface area (Å²) in [6.07, 6.45) is 0.238. The number of piperidine rings is 1. The second-order valence-corrected chi connectivity index (χ2v) is 7.85. The summed E-state index contributed by atoms with van der Waals surface area (Å²) in [5, 5.41) is 1.67. The molecule has 28 heavy (non-hydrogen) atoms. The third-order valence-electron chi connectivity index (χ3n) is 4.57. The lowest BCUT2D eigenvalue weighted by Gasteiger charge is -2.30. The van der Waals surface area contributed by atoms with Crippen LogP contribution in [0, 0.1) is 0 Å². The quantitative estimate of drug-likeness (QED) is 0.804. The van der Waals surface area contributed by atoms with Gasteiger partial charge in [-0.1, -0.05) is 12.1 Å². The normalized spacial score (nSPS) is 17.6. The highest BCUT2D eigenvalue weighted by Gasteiger charge is 2.36. The lowest BCUT2D eigenvalue weighted by atomic mass is 10.0. The Morgan fingerprint density at radius 2 is 1.64 bits per heavy atom. The first-order valence-electron chi connectivity index (χ1n) is 9.22. The number of imide groups is 1. The van der Waals surface area contributed by atoms with E-state index >= 15 is 0 Å². The molecule has 0 saturated carbocycles. The van der Waals surface area contributed by atoms with Crippen LogP contribution in [0.25, 0.3) is 0 Å². The first-order valence-corrected chi connectivity index (χ1v) is 9.22. The maximum Gasteiger partial charge on any atom is 0.422 e. The third-order valence-corrected chi connectivity index (χ3v) is 4.57. The number of hydrogen-bond acceptors (Lipinski definition) is 5. The predicted molar refractivity (Wildman–Crippen MR) is 100 cm³/mol. The molecule has 0 radical (unpaired) electrons. The molecule has 150 valence electrons. The van der Waals surface area contributed by atoms with Crippen molar-refractivity contribution in [3.05, 3.63) is 46.8 Å². The van der Waals surface area contributed by atoms with Crippen LogP contribution in [-0.4, -0.2) is 53.1 Å². The van der Waals surface area contributed by atoms with Gasteiger partial charge in [0.15, 0.2) is 0 Å². The van der Waals surface area contributed by atoms with Crippen molar-refractivity contribution in [1.82, 2.24) is 15.3 Å². The van der Waals surface area contributed by atoms with Gasteiger partial charge in [0, 0.05) is 13.1 Å². The van der Waals surface area contributed by atoms with Crippen molar-refractivity contribution < 1.29 is 23.5 Å². The molecule has 1 aromatic carbocycles. The number of ether oxygens (including phenoxy) is 1. The summed E-state index contributed by atoms with van der Waals surface area (Å²) in [7, 11) is 0. The number of hydrogen-bond donors (Lipinski definition) is 1. The van der Waals surface area contributed by atoms with Crippen LogP contribution in [-0.2, 0) is 4.74 Å². The van der Waals surface area contributed by atoms with Gasteiger partial charge in [0.25, 0.3) is 11.8 Å². The molecule has 0 aromatic heterocycles. The number of amides is 3. The fourth-order valence-electron chi connectivity index (χ4n) is 3.22. The van der Waals surface area contributed by atoms with Gasteiger partial charge in [0.1, 0.15) is 11.4 Å². The highest BCUT2D eigenvalue weighted by atomic mass is 19.1. The standard InChI is InChI=1S/C20H24FN3O4/c1-20(2,3)28-19(27)22-23-10-8-13(9-11-23)16(21)12-24-17(25)14-6-4-5-7-15(14)18(24)26/h4-7H,8-12H2,1-3H3,(H,22,27). The summed E-state index contributed by atoms with van der Waals surface area (Å²) in [6, 6.07) is 6.49. The smallest absolute Gasteiger partial charge is 0.422 e. The molecule has 3 rings (SSSR count). The summed E-state index contributed by atoms with van der Waals surface area (Å²) in [5.41, 5.74) is 3.22. The Morgan fingerprint density at radius 3 is 2.14 bits per heavy atom. The predicted octanol–water partition coefficient (Wildman–Crippen LogP) is 3.04. The maximum absolute atomic E-state index is 14.7. The first kappa shape index (κ1) is 20.0. The van der Waals surface area contributed by atoms with Gasteiger partial charge in [-0.3, -0.25) is 19.9 Å². The van der Waals surface area contributed by atoms with Crippen molar-refractivity contribution in [3.63, 3.8) is 0 Å². The van der Waals surface area contributed by atoms with Crippen molar-refractivity contribution in [1.29, 1.82) is 0 Å². The van der Waals surface area contributed by atoms with E-state index in [1.807, 2.05) is 0 Å². The SMILES string of the molecule is CC(C)(C)OC(=O)NN1CCC(=C(F)CN2C(=O)c3ccccc3C2=O)CC1. The van der Waals surface area contributed by atoms with Crippen molar-refractivity contribution >= 4 is 17.9 Å². The van der Waals surface area contributed by atoms with Gasteiger partial charge in [-0.05, 0) is 51.3 Å². The fourth-order valence-corrected chi connectivity index (χ4v) is 3.22. The van der Waals surface area contributed by atoms with Crippen molar-refractivity contribution in [2.24, 2.45) is 0 Å². The van der Waals surface area contributed by atoms with E-state index in [1.165, 1.54) is 0 Å². The third kappa shape index (κ3) is 4.39. The number of carbonyl (C=O) groups is 3. The minimum absolute atomic E-state index is 0.307. The van der Waals surface area contributed by atoms with Crippen molar-refractivity contribution in [3.8, 4) is 0 Å². The van der Waals surface area contributed by atoms with E-state index in [1.54, 1.807) is 50.0 Å². The van der Waals surface area contributed by atoms with Gasteiger partial charge < -0.3 is 4.74 Å². The molecule has 8 heteroatoms. The molecule has 7 nitrogen and oxygen atoms in total. The lowest BCUT2D eigenvalue weighted by Crippen LogP contribution is -2.47. The van der Waals surface area contributed by atoms with Gasteiger partial charge in [-0.25, -0.2) is 14.2 Å². The fraction of sp³-hybridized carbons (Fsp3) is 0.450. The highest BCUT2D eigenvalue weighted by Crippen LogP contribution is 2.26. The molecule has 1 N–H and O–H groups in total. The van der Waals surface area contributed by atoms with Crippen LogP contribution in [0.2, 0.25) is 0 Å². The molecule has 2 aliphatic rings. The van der Waals surface area contributed by atoms with E-state index in [2.05, 4.69) is 5.43 Å². The molecule has 0 atom stereocenters. The van der Waals surface area contributed by atoms with E-state index in [4.69, 9.17) is 4.74 Å². The van der Waals surface area contributed by atoms with Gasteiger partial charge in [-0.2, -0.15) is 0 Å². The van der Waals surface area contributed by atoms with E-state index in [-0.39, 0.29) is 6.54 Å². The maximum atomic E-state index is 14.7. The number of nitrogens with zero attached hydrogens (tertiary/aromatic N) is 2. The van der Waals surface area contributed by atoms with E-state index < -0.39 is 29.3 Å². The molecule has 0 unspecified atom stereocenters. The Hall–Kier alpha value is -2.74. The number of halogens is 1. The van der Waals surface area contributed by atoms with Crippen LogP contribution in [0.1, 0.15) is 54.3 Å². The Kier molecular flexibility index (Phi) is 5.51. The summed E-state index contributed by atoms with van der Waals surface area (Å²) in [5.74, 6) is -1.41. The molecule has 2 aliphatic heterocycles. The van der Waals surface area contributed by atoms with E-state index in [9.17, 15) is 18.8 Å². The molecule has 0 aliphatic carbocycles. The number of rotatable bonds is 3. The van der Waals surface area contributed by atoms with Gasteiger partial charge in [0.05, 0.1) is 17.7 Å². The largest absolute Gasteiger partial charge is 0.443 e. The topological polar surface area (TPSA) is 79.0 Å². The van der Waals surface area contributed by atoms with E-state index in [0.29, 0.717) is 42.6 Å². The average Bonchev–Trinajstić information content (AvgIpc) is 2.86. The van der Waals surface area contributed by atoms with Crippen LogP contribution in [0.15, 0.2) is 35.7 Å². The van der Waals surface area contributed by atoms with Crippen LogP contribution in [0.3, 0.4) is 0 Å². The Labute approximate surface area is 163 Å². The molecule has 2 heterocycles. The van der Waals surface area contributed by atoms with E-state index in [0.717, 1.165) is 4.90 Å². The second-order valence-electron chi connectivity index (χ2n) is 7.85. The number of hydrazine groups is 1. The molecule has 0 spiro atoms. The molecule has 1 fully saturated rings. The van der Waals surface area contributed by atoms with Gasteiger partial charge in [-0.15, -0.1) is 0 Å². The summed E-state index contributed by atoms with van der Waals surface area (Å²) in [6.45, 7) is 5.81. The Morgan fingerprint density at radius 1 is 1.11 bits per heavy atom. The number of fused-ring (bicyclic) bond motifs is 1. The zero-order valence-electron chi connectivity index (χ0n) is 16.3. The second kappa shape index (κ2) is 7.71. The summed E-state index contributed by atoms with van der Waals surface area (Å²) in [4.78, 5) is 37.5. The molecule has 1 aromatic rings. The monoisotopic (exact) mass is 389 g/mol. The van der Waals surface area contributed by atoms with Gasteiger partial charge >= 0.3 is 6.09 Å². The number of carbonyl (C=O) groups excluding carboxylic acids is 3. The summed E-state index contributed by atoms with van der Waals surface area (Å²) < 4.78 is 19.9. The molecule has 0 bridgehead atoms. The summed E-state index contributed by atoms with van der Waals surface area (Å²) >= 11 is 0. The Bertz CT molecular complexity index is 799. The number of benzene rings is 1. The minimum atomic E-state index is -0.594. The van der Waals surface area contributed by atoms with Crippen LogP contribution in [0.5, 0.6) is 0 Å². The van der Waals surface area contributed by atoms with Crippen molar-refractivity contribution in [2.45, 2.75) is 39.2 Å². The minimum Gasteiger partial charge on any atom is -0.443 e. The van der Waals surface area contributed by atoms with Crippen LogP contribution in [0.4, 0.5) is 9.18 Å². The number of nitrogens with one attached hydrogen (secondary N) is 1. The van der Waals surface area contributed by atoms with Crippen LogP contribution >= 0.6 is 0 Å². The van der Waals surface area contributed by atoms with Gasteiger partial charge in [0.2, 0.25) is 0 Å². The van der Waals surface area contributed by atoms with Crippen molar-refractivity contribution in [2.75, 3.05) is 19.6 Å². The Balaban J connectivity index is 1.57. The molecule has 3 amide bonds. The average molecular weight is 389 g/mol. The lowest BCUT2D eigenvalue weighted by molar-refractivity contribution is 0.0314. The molecular weight excluding hydrogens is 365 g/mol. The van der Waals surface area contributed by atoms with Crippen LogP contribution < -0.4 is 5.43 Å². The molecule has 1 saturated heterocycles.